The highest BCUT2D eigenvalue weighted by molar-refractivity contribution is 8.01. The highest BCUT2D eigenvalue weighted by Crippen LogP contribution is 2.37. The summed E-state index contributed by atoms with van der Waals surface area (Å²) in [5.74, 6) is -0.777. The van der Waals surface area contributed by atoms with Gasteiger partial charge in [0.15, 0.2) is 0 Å². The number of halogens is 1. The molecule has 23 heavy (non-hydrogen) atoms. The van der Waals surface area contributed by atoms with Gasteiger partial charge in [0.1, 0.15) is 4.75 Å². The number of aliphatic carboxylic acids is 1. The van der Waals surface area contributed by atoms with Gasteiger partial charge >= 0.3 is 5.97 Å². The molecule has 4 nitrogen and oxygen atoms in total. The van der Waals surface area contributed by atoms with Crippen LogP contribution in [0, 0.1) is 11.3 Å². The summed E-state index contributed by atoms with van der Waals surface area (Å²) in [6.07, 6.45) is 8.24. The summed E-state index contributed by atoms with van der Waals surface area (Å²) in [5.41, 5.74) is 1.92. The van der Waals surface area contributed by atoms with Gasteiger partial charge in [0.25, 0.3) is 0 Å². The minimum atomic E-state index is -0.980. The molecule has 1 N–H and O–H groups in total. The maximum Gasteiger partial charge on any atom is 0.319 e. The Labute approximate surface area is 145 Å². The van der Waals surface area contributed by atoms with Crippen LogP contribution in [-0.4, -0.2) is 26.7 Å². The standard InChI is InChI=1S/C17H17ClN2O2S/c1-4-13(6-5-12(9-18)10-19)14-11-20-8-7-15(14)23-17(2,3)16(21)22/h4-8,11H,1,9H2,2-3H3,(H,21,22)/b12-5+,13-6+. The van der Waals surface area contributed by atoms with E-state index in [1.807, 2.05) is 6.07 Å². The third kappa shape index (κ3) is 5.27. The Hall–Kier alpha value is -2.03. The second kappa shape index (κ2) is 8.56. The number of nitrogens with zero attached hydrogens (tertiary/aromatic N) is 2. The van der Waals surface area contributed by atoms with E-state index in [9.17, 15) is 9.90 Å². The van der Waals surface area contributed by atoms with Crippen LogP contribution in [0.4, 0.5) is 0 Å². The van der Waals surface area contributed by atoms with Crippen molar-refractivity contribution in [2.45, 2.75) is 23.5 Å². The number of allylic oxidation sites excluding steroid dienone is 5. The van der Waals surface area contributed by atoms with Gasteiger partial charge in [-0.15, -0.1) is 23.4 Å². The lowest BCUT2D eigenvalue weighted by Gasteiger charge is -2.20. The van der Waals surface area contributed by atoms with Gasteiger partial charge in [0.05, 0.1) is 11.9 Å². The van der Waals surface area contributed by atoms with Crippen LogP contribution >= 0.6 is 23.4 Å². The number of carbonyl (C=O) groups is 1. The fourth-order valence-corrected chi connectivity index (χ4v) is 2.77. The Morgan fingerprint density at radius 2 is 2.26 bits per heavy atom. The number of carboxylic acid groups (broad SMARTS) is 1. The number of nitriles is 1. The van der Waals surface area contributed by atoms with Gasteiger partial charge in [-0.1, -0.05) is 18.7 Å². The van der Waals surface area contributed by atoms with Crippen LogP contribution in [0.2, 0.25) is 0 Å². The number of pyridine rings is 1. The average Bonchev–Trinajstić information content (AvgIpc) is 2.52. The van der Waals surface area contributed by atoms with Crippen LogP contribution in [0.15, 0.2) is 53.7 Å². The molecule has 0 radical (unpaired) electrons. The Bertz CT molecular complexity index is 703. The molecular weight excluding hydrogens is 332 g/mol. The zero-order valence-corrected chi connectivity index (χ0v) is 14.5. The molecular formula is C17H17ClN2O2S. The molecule has 0 aliphatic heterocycles. The lowest BCUT2D eigenvalue weighted by atomic mass is 10.1. The summed E-state index contributed by atoms with van der Waals surface area (Å²) in [6.45, 7) is 7.06. The number of hydrogen-bond acceptors (Lipinski definition) is 4. The number of thioether (sulfide) groups is 1. The fourth-order valence-electron chi connectivity index (χ4n) is 1.58. The maximum atomic E-state index is 11.3. The first-order valence-electron chi connectivity index (χ1n) is 6.72. The molecule has 0 amide bonds. The molecule has 1 aromatic rings. The van der Waals surface area contributed by atoms with Gasteiger partial charge in [-0.25, -0.2) is 0 Å². The third-order valence-electron chi connectivity index (χ3n) is 2.94. The predicted molar refractivity (Wildman–Crippen MR) is 94.4 cm³/mol. The first kappa shape index (κ1) is 19.0. The fraction of sp³-hybridized carbons (Fsp3) is 0.235. The Morgan fingerprint density at radius 1 is 1.57 bits per heavy atom. The first-order valence-corrected chi connectivity index (χ1v) is 8.07. The molecule has 120 valence electrons. The molecule has 0 spiro atoms. The number of hydrogen-bond donors (Lipinski definition) is 1. The molecule has 6 heteroatoms. The second-order valence-corrected chi connectivity index (χ2v) is 6.98. The first-order chi connectivity index (χ1) is 10.9. The quantitative estimate of drug-likeness (QED) is 0.344. The average molecular weight is 349 g/mol. The van der Waals surface area contributed by atoms with E-state index < -0.39 is 10.7 Å². The largest absolute Gasteiger partial charge is 0.480 e. The molecule has 0 aliphatic carbocycles. The van der Waals surface area contributed by atoms with E-state index >= 15 is 0 Å². The van der Waals surface area contributed by atoms with Crippen molar-refractivity contribution in [3.05, 3.63) is 54.4 Å². The van der Waals surface area contributed by atoms with Crippen molar-refractivity contribution < 1.29 is 9.90 Å². The van der Waals surface area contributed by atoms with Crippen molar-refractivity contribution in [3.63, 3.8) is 0 Å². The van der Waals surface area contributed by atoms with E-state index in [4.69, 9.17) is 16.9 Å². The van der Waals surface area contributed by atoms with Gasteiger partial charge in [-0.2, -0.15) is 5.26 Å². The number of carboxylic acids is 1. The van der Waals surface area contributed by atoms with E-state index in [1.54, 1.807) is 50.5 Å². The summed E-state index contributed by atoms with van der Waals surface area (Å²) in [6, 6.07) is 3.76. The van der Waals surface area contributed by atoms with Gasteiger partial charge < -0.3 is 5.11 Å². The zero-order chi connectivity index (χ0) is 17.5. The molecule has 0 bridgehead atoms. The molecule has 0 aromatic carbocycles. The molecule has 1 heterocycles. The maximum absolute atomic E-state index is 11.3. The SMILES string of the molecule is C=C/C(=C\C=C(\C#N)CCl)c1cnccc1SC(C)(C)C(=O)O. The van der Waals surface area contributed by atoms with Crippen LogP contribution in [0.5, 0.6) is 0 Å². The Kier molecular flexibility index (Phi) is 7.08. The van der Waals surface area contributed by atoms with Crippen molar-refractivity contribution in [1.82, 2.24) is 4.98 Å². The van der Waals surface area contributed by atoms with Crippen LogP contribution in [0.25, 0.3) is 5.57 Å². The van der Waals surface area contributed by atoms with E-state index in [0.717, 1.165) is 16.0 Å². The van der Waals surface area contributed by atoms with E-state index in [1.165, 1.54) is 11.8 Å². The lowest BCUT2D eigenvalue weighted by molar-refractivity contribution is -0.138. The molecule has 0 saturated heterocycles. The summed E-state index contributed by atoms with van der Waals surface area (Å²) in [4.78, 5) is 16.2. The minimum Gasteiger partial charge on any atom is -0.480 e. The van der Waals surface area contributed by atoms with Gasteiger partial charge in [0, 0.05) is 28.4 Å². The summed E-state index contributed by atoms with van der Waals surface area (Å²) in [5, 5.41) is 18.2. The van der Waals surface area contributed by atoms with Crippen LogP contribution in [0.1, 0.15) is 19.4 Å². The van der Waals surface area contributed by atoms with Crippen molar-refractivity contribution in [1.29, 1.82) is 5.26 Å². The Balaban J connectivity index is 3.29. The lowest BCUT2D eigenvalue weighted by Crippen LogP contribution is -2.27. The van der Waals surface area contributed by atoms with E-state index in [0.29, 0.717) is 5.57 Å². The minimum absolute atomic E-state index is 0.123. The molecule has 0 fully saturated rings. The molecule has 0 saturated carbocycles. The van der Waals surface area contributed by atoms with Crippen molar-refractivity contribution in [2.75, 3.05) is 5.88 Å². The number of rotatable bonds is 7. The van der Waals surface area contributed by atoms with Gasteiger partial charge in [-0.05, 0) is 31.6 Å². The van der Waals surface area contributed by atoms with Crippen LogP contribution < -0.4 is 0 Å². The zero-order valence-electron chi connectivity index (χ0n) is 12.9. The van der Waals surface area contributed by atoms with Gasteiger partial charge in [0.2, 0.25) is 0 Å². The summed E-state index contributed by atoms with van der Waals surface area (Å²) >= 11 is 6.90. The summed E-state index contributed by atoms with van der Waals surface area (Å²) in [7, 11) is 0. The topological polar surface area (TPSA) is 74.0 Å². The number of alkyl halides is 1. The van der Waals surface area contributed by atoms with Crippen molar-refractivity contribution >= 4 is 34.9 Å². The second-order valence-electron chi connectivity index (χ2n) is 5.05. The third-order valence-corrected chi connectivity index (χ3v) is 4.49. The Morgan fingerprint density at radius 3 is 2.78 bits per heavy atom. The van der Waals surface area contributed by atoms with Crippen LogP contribution in [0.3, 0.4) is 0 Å². The van der Waals surface area contributed by atoms with E-state index in [-0.39, 0.29) is 5.88 Å². The highest BCUT2D eigenvalue weighted by atomic mass is 35.5. The van der Waals surface area contributed by atoms with E-state index in [2.05, 4.69) is 11.6 Å². The predicted octanol–water partition coefficient (Wildman–Crippen LogP) is 4.30. The smallest absolute Gasteiger partial charge is 0.319 e. The van der Waals surface area contributed by atoms with Crippen molar-refractivity contribution in [3.8, 4) is 6.07 Å². The highest BCUT2D eigenvalue weighted by Gasteiger charge is 2.29. The molecule has 0 atom stereocenters. The summed E-state index contributed by atoms with van der Waals surface area (Å²) < 4.78 is -0.980. The molecule has 0 unspecified atom stereocenters. The monoisotopic (exact) mass is 348 g/mol. The molecule has 1 aromatic heterocycles. The van der Waals surface area contributed by atoms with Crippen LogP contribution in [-0.2, 0) is 4.79 Å². The van der Waals surface area contributed by atoms with Gasteiger partial charge in [-0.3, -0.25) is 9.78 Å². The normalized spacial score (nSPS) is 12.6. The molecule has 1 rings (SSSR count). The number of aromatic nitrogens is 1. The molecule has 0 aliphatic rings. The van der Waals surface area contributed by atoms with Crippen molar-refractivity contribution in [2.24, 2.45) is 0 Å².